The van der Waals surface area contributed by atoms with Crippen molar-refractivity contribution in [3.05, 3.63) is 29.8 Å². The topological polar surface area (TPSA) is 99.7 Å². The Kier molecular flexibility index (Phi) is 4.36. The van der Waals surface area contributed by atoms with Gasteiger partial charge in [0.05, 0.1) is 4.90 Å². The molecular formula is C15H20N4O3S. The molecule has 0 bridgehead atoms. The number of nitrogens with zero attached hydrogens (tertiary/aromatic N) is 1. The number of amidine groups is 1. The zero-order valence-electron chi connectivity index (χ0n) is 12.9. The van der Waals surface area contributed by atoms with Crippen LogP contribution in [0.1, 0.15) is 25.3 Å². The highest BCUT2D eigenvalue weighted by atomic mass is 32.2. The average Bonchev–Trinajstić information content (AvgIpc) is 2.79. The molecule has 2 atom stereocenters. The maximum atomic E-state index is 12.2. The molecule has 1 aromatic carbocycles. The van der Waals surface area contributed by atoms with Gasteiger partial charge in [-0.3, -0.25) is 14.5 Å². The smallest absolute Gasteiger partial charge is 0.263 e. The van der Waals surface area contributed by atoms with Crippen molar-refractivity contribution in [2.45, 2.75) is 36.7 Å². The molecule has 1 aromatic rings. The second-order valence-corrected chi connectivity index (χ2v) is 7.46. The molecule has 124 valence electrons. The largest absolute Gasteiger partial charge is 0.350 e. The lowest BCUT2D eigenvalue weighted by atomic mass is 10.1. The number of benzene rings is 1. The molecule has 23 heavy (non-hydrogen) atoms. The van der Waals surface area contributed by atoms with Crippen LogP contribution >= 0.6 is 0 Å². The summed E-state index contributed by atoms with van der Waals surface area (Å²) in [5, 5.41) is 6.19. The normalized spacial score (nSPS) is 25.4. The summed E-state index contributed by atoms with van der Waals surface area (Å²) < 4.78 is 26.5. The van der Waals surface area contributed by atoms with Crippen LogP contribution in [0.15, 0.2) is 34.2 Å². The number of hydrogen-bond donors (Lipinski definition) is 3. The molecule has 1 saturated heterocycles. The van der Waals surface area contributed by atoms with Crippen molar-refractivity contribution in [3.63, 3.8) is 0 Å². The first-order valence-electron chi connectivity index (χ1n) is 7.68. The monoisotopic (exact) mass is 336 g/mol. The Labute approximate surface area is 135 Å². The molecule has 0 aliphatic carbocycles. The molecule has 8 heteroatoms. The van der Waals surface area contributed by atoms with E-state index in [1.54, 1.807) is 25.1 Å². The first kappa shape index (κ1) is 15.9. The summed E-state index contributed by atoms with van der Waals surface area (Å²) >= 11 is 0. The molecule has 2 aliphatic heterocycles. The van der Waals surface area contributed by atoms with Gasteiger partial charge in [0.1, 0.15) is 11.9 Å². The number of carbonyl (C=O) groups excluding carboxylic acids is 1. The summed E-state index contributed by atoms with van der Waals surface area (Å²) in [6, 6.07) is 6.05. The lowest BCUT2D eigenvalue weighted by Crippen LogP contribution is -2.48. The first-order chi connectivity index (χ1) is 11.0. The van der Waals surface area contributed by atoms with Gasteiger partial charge in [-0.1, -0.05) is 12.1 Å². The van der Waals surface area contributed by atoms with Crippen LogP contribution < -0.4 is 15.4 Å². The molecule has 7 nitrogen and oxygen atoms in total. The number of aliphatic imine (C=N–C) groups is 1. The minimum atomic E-state index is -3.58. The fraction of sp³-hybridized carbons (Fsp3) is 0.467. The summed E-state index contributed by atoms with van der Waals surface area (Å²) in [5.41, 5.74) is 0.506. The molecule has 0 spiro atoms. The number of fused-ring (bicyclic) bond motifs is 1. The molecule has 3 N–H and O–H groups in total. The summed E-state index contributed by atoms with van der Waals surface area (Å²) in [4.78, 5) is 16.7. The lowest BCUT2D eigenvalue weighted by molar-refractivity contribution is -0.122. The van der Waals surface area contributed by atoms with E-state index >= 15 is 0 Å². The van der Waals surface area contributed by atoms with Gasteiger partial charge < -0.3 is 10.6 Å². The highest BCUT2D eigenvalue weighted by Crippen LogP contribution is 2.22. The van der Waals surface area contributed by atoms with E-state index in [-0.39, 0.29) is 22.7 Å². The Balaban J connectivity index is 1.75. The van der Waals surface area contributed by atoms with E-state index in [0.29, 0.717) is 5.56 Å². The summed E-state index contributed by atoms with van der Waals surface area (Å²) in [6.45, 7) is 3.39. The second-order valence-electron chi connectivity index (χ2n) is 5.81. The van der Waals surface area contributed by atoms with Crippen LogP contribution in [0.5, 0.6) is 0 Å². The van der Waals surface area contributed by atoms with Crippen molar-refractivity contribution in [2.75, 3.05) is 13.1 Å². The van der Waals surface area contributed by atoms with Gasteiger partial charge in [-0.25, -0.2) is 8.42 Å². The molecule has 2 aliphatic rings. The molecule has 0 aromatic heterocycles. The van der Waals surface area contributed by atoms with E-state index in [1.165, 1.54) is 6.07 Å². The Bertz CT molecular complexity index is 739. The third kappa shape index (κ3) is 3.37. The van der Waals surface area contributed by atoms with E-state index in [0.717, 1.165) is 25.9 Å². The number of piperidine rings is 1. The van der Waals surface area contributed by atoms with E-state index in [4.69, 9.17) is 0 Å². The Morgan fingerprint density at radius 1 is 1.39 bits per heavy atom. The first-order valence-corrected chi connectivity index (χ1v) is 9.17. The maximum absolute atomic E-state index is 12.2. The van der Waals surface area contributed by atoms with Crippen LogP contribution in [0.25, 0.3) is 0 Å². The van der Waals surface area contributed by atoms with Gasteiger partial charge >= 0.3 is 0 Å². The molecule has 1 amide bonds. The Morgan fingerprint density at radius 3 is 2.91 bits per heavy atom. The van der Waals surface area contributed by atoms with Gasteiger partial charge in [-0.2, -0.15) is 0 Å². The minimum absolute atomic E-state index is 0.103. The van der Waals surface area contributed by atoms with E-state index in [1.807, 2.05) is 0 Å². The number of rotatable bonds is 3. The van der Waals surface area contributed by atoms with Gasteiger partial charge in [-0.05, 0) is 38.4 Å². The van der Waals surface area contributed by atoms with Gasteiger partial charge in [0, 0.05) is 18.2 Å². The minimum Gasteiger partial charge on any atom is -0.350 e. The van der Waals surface area contributed by atoms with Crippen molar-refractivity contribution in [3.8, 4) is 0 Å². The highest BCUT2D eigenvalue weighted by molar-refractivity contribution is 7.90. The van der Waals surface area contributed by atoms with Crippen LogP contribution in [-0.2, 0) is 14.8 Å². The predicted molar refractivity (Wildman–Crippen MR) is 86.8 cm³/mol. The summed E-state index contributed by atoms with van der Waals surface area (Å²) in [7, 11) is -3.58. The maximum Gasteiger partial charge on any atom is 0.263 e. The number of amides is 1. The summed E-state index contributed by atoms with van der Waals surface area (Å²) in [5.74, 6) is 0.0276. The molecule has 0 saturated carbocycles. The van der Waals surface area contributed by atoms with Crippen LogP contribution in [0, 0.1) is 0 Å². The number of carbonyl (C=O) groups is 1. The zero-order chi connectivity index (χ0) is 16.4. The molecular weight excluding hydrogens is 316 g/mol. The average molecular weight is 336 g/mol. The zero-order valence-corrected chi connectivity index (χ0v) is 13.7. The van der Waals surface area contributed by atoms with Crippen molar-refractivity contribution in [1.82, 2.24) is 15.4 Å². The second kappa shape index (κ2) is 6.29. The molecule has 1 fully saturated rings. The van der Waals surface area contributed by atoms with Gasteiger partial charge in [0.2, 0.25) is 5.91 Å². The third-order valence-electron chi connectivity index (χ3n) is 4.01. The number of nitrogens with one attached hydrogen (secondary N) is 3. The van der Waals surface area contributed by atoms with Gasteiger partial charge in [-0.15, -0.1) is 0 Å². The van der Waals surface area contributed by atoms with Gasteiger partial charge in [0.25, 0.3) is 10.0 Å². The molecule has 3 rings (SSSR count). The quantitative estimate of drug-likeness (QED) is 0.722. The van der Waals surface area contributed by atoms with E-state index < -0.39 is 16.1 Å². The fourth-order valence-electron chi connectivity index (χ4n) is 2.78. The third-order valence-corrected chi connectivity index (χ3v) is 5.41. The number of hydrogen-bond acceptors (Lipinski definition) is 5. The van der Waals surface area contributed by atoms with Crippen molar-refractivity contribution >= 4 is 21.8 Å². The van der Waals surface area contributed by atoms with Crippen molar-refractivity contribution in [2.24, 2.45) is 4.99 Å². The Morgan fingerprint density at radius 2 is 2.17 bits per heavy atom. The standard InChI is InChI=1S/C15H20N4O3S/c1-10(15(20)18-11-5-4-8-16-9-11)17-14-12-6-2-3-7-13(12)23(21,22)19-14/h2-3,6-7,10-11,16H,4-5,8-9H2,1H3,(H,17,19)(H,18,20). The predicted octanol–water partition coefficient (Wildman–Crippen LogP) is -0.0182. The Hall–Kier alpha value is -1.93. The van der Waals surface area contributed by atoms with Gasteiger partial charge in [0.15, 0.2) is 0 Å². The summed E-state index contributed by atoms with van der Waals surface area (Å²) in [6.07, 6.45) is 1.97. The van der Waals surface area contributed by atoms with Crippen molar-refractivity contribution in [1.29, 1.82) is 0 Å². The fourth-order valence-corrected chi connectivity index (χ4v) is 4.02. The van der Waals surface area contributed by atoms with E-state index in [9.17, 15) is 13.2 Å². The van der Waals surface area contributed by atoms with E-state index in [2.05, 4.69) is 20.3 Å². The molecule has 0 radical (unpaired) electrons. The lowest BCUT2D eigenvalue weighted by Gasteiger charge is -2.24. The van der Waals surface area contributed by atoms with Crippen molar-refractivity contribution < 1.29 is 13.2 Å². The number of sulfonamides is 1. The SMILES string of the molecule is CC(N=C1NS(=O)(=O)c2ccccc21)C(=O)NC1CCCNC1. The molecule has 2 heterocycles. The molecule has 2 unspecified atom stereocenters. The van der Waals surface area contributed by atoms with Crippen LogP contribution in [0.3, 0.4) is 0 Å². The highest BCUT2D eigenvalue weighted by Gasteiger charge is 2.31. The van der Waals surface area contributed by atoms with Crippen LogP contribution in [0.2, 0.25) is 0 Å². The van der Waals surface area contributed by atoms with Crippen LogP contribution in [-0.4, -0.2) is 45.3 Å². The van der Waals surface area contributed by atoms with Crippen LogP contribution in [0.4, 0.5) is 0 Å².